The van der Waals surface area contributed by atoms with E-state index in [4.69, 9.17) is 0 Å². The van der Waals surface area contributed by atoms with Crippen molar-refractivity contribution in [3.05, 3.63) is 36.0 Å². The third-order valence-electron chi connectivity index (χ3n) is 3.99. The number of carboxylic acids is 1. The Bertz CT molecular complexity index is 653. The van der Waals surface area contributed by atoms with E-state index >= 15 is 0 Å². The molecule has 1 heterocycles. The zero-order chi connectivity index (χ0) is 16.3. The number of carboxylic acid groups (broad SMARTS) is 1. The van der Waals surface area contributed by atoms with Crippen molar-refractivity contribution < 1.29 is 9.90 Å². The van der Waals surface area contributed by atoms with Gasteiger partial charge in [-0.3, -0.25) is 4.79 Å². The van der Waals surface area contributed by atoms with E-state index in [-0.39, 0.29) is 5.41 Å². The van der Waals surface area contributed by atoms with E-state index in [9.17, 15) is 9.90 Å². The first kappa shape index (κ1) is 16.6. The fourth-order valence-corrected chi connectivity index (χ4v) is 2.55. The molecule has 4 nitrogen and oxygen atoms in total. The summed E-state index contributed by atoms with van der Waals surface area (Å²) < 4.78 is 2.08. The van der Waals surface area contributed by atoms with Crippen LogP contribution >= 0.6 is 0 Å². The highest BCUT2D eigenvalue weighted by atomic mass is 16.4. The lowest BCUT2D eigenvalue weighted by Gasteiger charge is -2.21. The van der Waals surface area contributed by atoms with Crippen LogP contribution in [0.4, 0.5) is 0 Å². The van der Waals surface area contributed by atoms with Gasteiger partial charge in [-0.2, -0.15) is 0 Å². The number of nitrogens with zero attached hydrogens (tertiary/aromatic N) is 1. The van der Waals surface area contributed by atoms with Crippen molar-refractivity contribution in [2.75, 3.05) is 0 Å². The molecule has 0 bridgehead atoms. The van der Waals surface area contributed by atoms with Crippen LogP contribution in [0.1, 0.15) is 39.2 Å². The summed E-state index contributed by atoms with van der Waals surface area (Å²) in [4.78, 5) is 11.4. The smallest absolute Gasteiger partial charge is 0.320 e. The number of fused-ring (bicyclic) bond motifs is 1. The number of benzene rings is 1. The van der Waals surface area contributed by atoms with Crippen LogP contribution in [0.5, 0.6) is 0 Å². The highest BCUT2D eigenvalue weighted by Crippen LogP contribution is 2.22. The van der Waals surface area contributed by atoms with Gasteiger partial charge in [-0.25, -0.2) is 0 Å². The van der Waals surface area contributed by atoms with Gasteiger partial charge in [-0.15, -0.1) is 0 Å². The first-order valence-electron chi connectivity index (χ1n) is 7.76. The quantitative estimate of drug-likeness (QED) is 0.858. The molecule has 0 amide bonds. The van der Waals surface area contributed by atoms with E-state index in [1.165, 1.54) is 10.9 Å². The Morgan fingerprint density at radius 3 is 2.68 bits per heavy atom. The Labute approximate surface area is 132 Å². The normalized spacial score (nSPS) is 13.5. The van der Waals surface area contributed by atoms with Crippen LogP contribution in [-0.2, 0) is 18.4 Å². The molecule has 0 aliphatic rings. The number of carbonyl (C=O) groups is 1. The van der Waals surface area contributed by atoms with E-state index in [0.717, 1.165) is 12.0 Å². The molecule has 1 atom stereocenters. The standard InChI is InChI=1S/C18H26N2O2/c1-18(2,3)9-7-15(17(21)22)19-12-13-5-6-14-8-10-20(4)16(14)11-13/h5-6,8,10-11,15,19H,7,9,12H2,1-4H3,(H,21,22). The van der Waals surface area contributed by atoms with Crippen molar-refractivity contribution in [3.63, 3.8) is 0 Å². The van der Waals surface area contributed by atoms with Crippen LogP contribution in [-0.4, -0.2) is 21.7 Å². The molecule has 4 heteroatoms. The van der Waals surface area contributed by atoms with E-state index in [1.54, 1.807) is 0 Å². The van der Waals surface area contributed by atoms with Crippen molar-refractivity contribution >= 4 is 16.9 Å². The van der Waals surface area contributed by atoms with Crippen LogP contribution < -0.4 is 5.32 Å². The van der Waals surface area contributed by atoms with Gasteiger partial charge in [0.25, 0.3) is 0 Å². The second-order valence-corrected chi connectivity index (χ2v) is 7.19. The molecule has 0 radical (unpaired) electrons. The Morgan fingerprint density at radius 1 is 1.32 bits per heavy atom. The van der Waals surface area contributed by atoms with Gasteiger partial charge in [0.05, 0.1) is 0 Å². The molecule has 120 valence electrons. The third kappa shape index (κ3) is 4.34. The van der Waals surface area contributed by atoms with E-state index < -0.39 is 12.0 Å². The topological polar surface area (TPSA) is 54.3 Å². The van der Waals surface area contributed by atoms with Crippen LogP contribution in [0.15, 0.2) is 30.5 Å². The van der Waals surface area contributed by atoms with Crippen molar-refractivity contribution in [2.45, 2.75) is 46.2 Å². The van der Waals surface area contributed by atoms with Gasteiger partial charge in [0.1, 0.15) is 6.04 Å². The van der Waals surface area contributed by atoms with Crippen LogP contribution in [0.3, 0.4) is 0 Å². The van der Waals surface area contributed by atoms with Crippen molar-refractivity contribution in [1.82, 2.24) is 9.88 Å². The molecular formula is C18H26N2O2. The molecule has 0 spiro atoms. The van der Waals surface area contributed by atoms with Gasteiger partial charge in [0.2, 0.25) is 0 Å². The lowest BCUT2D eigenvalue weighted by molar-refractivity contribution is -0.139. The SMILES string of the molecule is Cn1ccc2ccc(CNC(CCC(C)(C)C)C(=O)O)cc21. The van der Waals surface area contributed by atoms with Gasteiger partial charge < -0.3 is 15.0 Å². The van der Waals surface area contributed by atoms with Crippen molar-refractivity contribution in [3.8, 4) is 0 Å². The minimum Gasteiger partial charge on any atom is -0.480 e. The second kappa shape index (κ2) is 6.53. The van der Waals surface area contributed by atoms with Gasteiger partial charge in [0, 0.05) is 25.3 Å². The van der Waals surface area contributed by atoms with Crippen LogP contribution in [0, 0.1) is 5.41 Å². The minimum atomic E-state index is -0.774. The predicted octanol–water partition coefficient (Wildman–Crippen LogP) is 3.55. The summed E-state index contributed by atoms with van der Waals surface area (Å²) in [6.07, 6.45) is 3.56. The van der Waals surface area contributed by atoms with Gasteiger partial charge in [-0.05, 0) is 41.3 Å². The molecule has 1 unspecified atom stereocenters. The fourth-order valence-electron chi connectivity index (χ4n) is 2.55. The number of aliphatic carboxylic acids is 1. The molecule has 1 aromatic heterocycles. The highest BCUT2D eigenvalue weighted by Gasteiger charge is 2.20. The number of hydrogen-bond acceptors (Lipinski definition) is 2. The van der Waals surface area contributed by atoms with Gasteiger partial charge >= 0.3 is 5.97 Å². The van der Waals surface area contributed by atoms with Gasteiger partial charge in [0.15, 0.2) is 0 Å². The molecular weight excluding hydrogens is 276 g/mol. The molecule has 0 aliphatic heterocycles. The lowest BCUT2D eigenvalue weighted by Crippen LogP contribution is -2.37. The highest BCUT2D eigenvalue weighted by molar-refractivity contribution is 5.80. The zero-order valence-corrected chi connectivity index (χ0v) is 13.9. The van der Waals surface area contributed by atoms with Crippen molar-refractivity contribution in [2.24, 2.45) is 12.5 Å². The number of hydrogen-bond donors (Lipinski definition) is 2. The largest absolute Gasteiger partial charge is 0.480 e. The molecule has 0 saturated carbocycles. The lowest BCUT2D eigenvalue weighted by atomic mass is 9.88. The summed E-state index contributed by atoms with van der Waals surface area (Å²) in [5, 5.41) is 13.7. The summed E-state index contributed by atoms with van der Waals surface area (Å²) in [7, 11) is 2.02. The van der Waals surface area contributed by atoms with E-state index in [1.807, 2.05) is 13.2 Å². The number of aromatic nitrogens is 1. The minimum absolute atomic E-state index is 0.150. The molecule has 2 rings (SSSR count). The zero-order valence-electron chi connectivity index (χ0n) is 13.9. The fraction of sp³-hybridized carbons (Fsp3) is 0.500. The summed E-state index contributed by atoms with van der Waals surface area (Å²) in [5.41, 5.74) is 2.43. The number of nitrogens with one attached hydrogen (secondary N) is 1. The summed E-state index contributed by atoms with van der Waals surface area (Å²) in [5.74, 6) is -0.774. The van der Waals surface area contributed by atoms with Gasteiger partial charge in [-0.1, -0.05) is 32.9 Å². The van der Waals surface area contributed by atoms with Crippen LogP contribution in [0.2, 0.25) is 0 Å². The summed E-state index contributed by atoms with van der Waals surface area (Å²) in [6, 6.07) is 7.83. The summed E-state index contributed by atoms with van der Waals surface area (Å²) >= 11 is 0. The third-order valence-corrected chi connectivity index (χ3v) is 3.99. The molecule has 1 aromatic carbocycles. The molecule has 22 heavy (non-hydrogen) atoms. The Balaban J connectivity index is 2.01. The number of aryl methyl sites for hydroxylation is 1. The maximum Gasteiger partial charge on any atom is 0.320 e. The van der Waals surface area contributed by atoms with Crippen LogP contribution in [0.25, 0.3) is 10.9 Å². The predicted molar refractivity (Wildman–Crippen MR) is 89.9 cm³/mol. The second-order valence-electron chi connectivity index (χ2n) is 7.19. The average molecular weight is 302 g/mol. The van der Waals surface area contributed by atoms with E-state index in [2.05, 4.69) is 54.9 Å². The first-order chi connectivity index (χ1) is 10.3. The average Bonchev–Trinajstić information content (AvgIpc) is 2.78. The maximum atomic E-state index is 11.4. The Hall–Kier alpha value is -1.81. The first-order valence-corrected chi connectivity index (χ1v) is 7.76. The molecule has 0 aliphatic carbocycles. The Kier molecular flexibility index (Phi) is 4.91. The molecule has 2 aromatic rings. The monoisotopic (exact) mass is 302 g/mol. The van der Waals surface area contributed by atoms with Crippen molar-refractivity contribution in [1.29, 1.82) is 0 Å². The molecule has 2 N–H and O–H groups in total. The molecule has 0 saturated heterocycles. The summed E-state index contributed by atoms with van der Waals surface area (Å²) in [6.45, 7) is 6.97. The molecule has 0 fully saturated rings. The van der Waals surface area contributed by atoms with E-state index in [0.29, 0.717) is 13.0 Å². The maximum absolute atomic E-state index is 11.4. The number of rotatable bonds is 6. The Morgan fingerprint density at radius 2 is 2.05 bits per heavy atom.